The number of para-hydroxylation sites is 3. The third-order valence-corrected chi connectivity index (χ3v) is 10.8. The normalized spacial score (nSPS) is 12.1. The monoisotopic (exact) mass is 679 g/mol. The van der Waals surface area contributed by atoms with Gasteiger partial charge in [0.15, 0.2) is 0 Å². The maximum atomic E-state index is 5.13. The fraction of sp³-hybridized carbons (Fsp3) is 0.0800. The van der Waals surface area contributed by atoms with Crippen LogP contribution in [0.5, 0.6) is 0 Å². The maximum absolute atomic E-state index is 5.13. The van der Waals surface area contributed by atoms with Crippen LogP contribution in [0.4, 0.5) is 0 Å². The molecule has 0 amide bonds. The van der Waals surface area contributed by atoms with Crippen molar-refractivity contribution < 1.29 is 0 Å². The van der Waals surface area contributed by atoms with Gasteiger partial charge in [0.1, 0.15) is 5.82 Å². The number of imidazole rings is 1. The highest BCUT2D eigenvalue weighted by Gasteiger charge is 2.21. The first-order valence-electron chi connectivity index (χ1n) is 18.3. The smallest absolute Gasteiger partial charge is 0.145 e. The quantitative estimate of drug-likeness (QED) is 0.170. The molecule has 0 radical (unpaired) electrons. The lowest BCUT2D eigenvalue weighted by Crippen LogP contribution is -2.10. The molecule has 0 aliphatic heterocycles. The highest BCUT2D eigenvalue weighted by atomic mass is 15.1. The summed E-state index contributed by atoms with van der Waals surface area (Å²) < 4.78 is 2.26. The van der Waals surface area contributed by atoms with Crippen molar-refractivity contribution in [2.24, 2.45) is 0 Å². The van der Waals surface area contributed by atoms with Crippen LogP contribution in [0, 0.1) is 0 Å². The summed E-state index contributed by atoms with van der Waals surface area (Å²) in [5.74, 6) is 0.933. The van der Waals surface area contributed by atoms with E-state index in [1.807, 2.05) is 18.3 Å². The summed E-state index contributed by atoms with van der Waals surface area (Å²) in [6.07, 6.45) is 1.85. The van der Waals surface area contributed by atoms with Crippen LogP contribution < -0.4 is 0 Å². The molecule has 8 aromatic carbocycles. The fourth-order valence-electron chi connectivity index (χ4n) is 8.04. The maximum Gasteiger partial charge on any atom is 0.145 e. The van der Waals surface area contributed by atoms with E-state index in [2.05, 4.69) is 182 Å². The minimum Gasteiger partial charge on any atom is -0.292 e. The molecule has 0 bridgehead atoms. The van der Waals surface area contributed by atoms with Crippen LogP contribution in [0.1, 0.15) is 26.3 Å². The first-order valence-corrected chi connectivity index (χ1v) is 18.3. The zero-order valence-electron chi connectivity index (χ0n) is 30.0. The summed E-state index contributed by atoms with van der Waals surface area (Å²) >= 11 is 0. The van der Waals surface area contributed by atoms with Crippen molar-refractivity contribution in [1.29, 1.82) is 0 Å². The molecule has 53 heavy (non-hydrogen) atoms. The van der Waals surface area contributed by atoms with Gasteiger partial charge in [0.05, 0.1) is 16.7 Å². The Bertz CT molecular complexity index is 2910. The molecule has 0 unspecified atom stereocenters. The molecule has 3 heteroatoms. The third kappa shape index (κ3) is 5.19. The Balaban J connectivity index is 1.18. The topological polar surface area (TPSA) is 30.7 Å². The van der Waals surface area contributed by atoms with Crippen molar-refractivity contribution >= 4 is 43.4 Å². The van der Waals surface area contributed by atoms with Crippen molar-refractivity contribution in [3.05, 3.63) is 176 Å². The number of aromatic nitrogens is 3. The molecule has 3 nitrogen and oxygen atoms in total. The second-order valence-corrected chi connectivity index (χ2v) is 15.1. The van der Waals surface area contributed by atoms with E-state index in [0.717, 1.165) is 39.4 Å². The van der Waals surface area contributed by atoms with E-state index in [9.17, 15) is 0 Å². The van der Waals surface area contributed by atoms with Crippen molar-refractivity contribution in [2.75, 3.05) is 0 Å². The van der Waals surface area contributed by atoms with Gasteiger partial charge < -0.3 is 0 Å². The van der Waals surface area contributed by atoms with Crippen molar-refractivity contribution in [2.45, 2.75) is 26.2 Å². The standard InChI is InChI=1S/C50H37N3/c1-50(2,3)38-29-36-24-26-40-42(32-16-20-34(21-17-32)44-13-9-10-28-51-44)31-43(41-27-25-37(30-38)47(36)48(40)41)33-18-22-35(23-19-33)49-52-45-14-7-8-15-46(45)53(49)39-11-5-4-6-12-39/h4-31H,1-3H3. The van der Waals surface area contributed by atoms with Gasteiger partial charge in [-0.1, -0.05) is 142 Å². The average Bonchev–Trinajstić information content (AvgIpc) is 3.60. The Hall–Kier alpha value is -6.58. The molecule has 0 spiro atoms. The first-order chi connectivity index (χ1) is 25.9. The summed E-state index contributed by atoms with van der Waals surface area (Å²) in [4.78, 5) is 9.73. The Morgan fingerprint density at radius 1 is 0.491 bits per heavy atom. The van der Waals surface area contributed by atoms with Gasteiger partial charge >= 0.3 is 0 Å². The first kappa shape index (κ1) is 31.2. The summed E-state index contributed by atoms with van der Waals surface area (Å²) in [7, 11) is 0. The fourth-order valence-corrected chi connectivity index (χ4v) is 8.04. The molecule has 0 saturated carbocycles. The van der Waals surface area contributed by atoms with Crippen LogP contribution in [-0.4, -0.2) is 14.5 Å². The predicted octanol–water partition coefficient (Wildman–Crippen LogP) is 13.3. The lowest BCUT2D eigenvalue weighted by molar-refractivity contribution is 0.591. The summed E-state index contributed by atoms with van der Waals surface area (Å²) in [6, 6.07) is 59.3. The number of fused-ring (bicyclic) bond motifs is 1. The zero-order valence-corrected chi connectivity index (χ0v) is 30.0. The van der Waals surface area contributed by atoms with E-state index >= 15 is 0 Å². The van der Waals surface area contributed by atoms with Crippen LogP contribution in [0.15, 0.2) is 170 Å². The number of pyridine rings is 1. The highest BCUT2D eigenvalue weighted by molar-refractivity contribution is 6.28. The average molecular weight is 680 g/mol. The second-order valence-electron chi connectivity index (χ2n) is 15.1. The van der Waals surface area contributed by atoms with Gasteiger partial charge in [-0.05, 0) is 108 Å². The summed E-state index contributed by atoms with van der Waals surface area (Å²) in [5, 5.41) is 7.75. The Morgan fingerprint density at radius 2 is 1.08 bits per heavy atom. The van der Waals surface area contributed by atoms with Gasteiger partial charge in [0.25, 0.3) is 0 Å². The highest BCUT2D eigenvalue weighted by Crippen LogP contribution is 2.45. The van der Waals surface area contributed by atoms with Crippen LogP contribution >= 0.6 is 0 Å². The van der Waals surface area contributed by atoms with Crippen LogP contribution in [-0.2, 0) is 5.41 Å². The third-order valence-electron chi connectivity index (χ3n) is 10.8. The van der Waals surface area contributed by atoms with Gasteiger partial charge in [0.2, 0.25) is 0 Å². The van der Waals surface area contributed by atoms with Gasteiger partial charge in [-0.25, -0.2) is 4.98 Å². The van der Waals surface area contributed by atoms with E-state index < -0.39 is 0 Å². The van der Waals surface area contributed by atoms with Gasteiger partial charge in [-0.15, -0.1) is 0 Å². The molecule has 2 heterocycles. The van der Waals surface area contributed by atoms with Gasteiger partial charge in [-0.3, -0.25) is 9.55 Å². The molecular weight excluding hydrogens is 643 g/mol. The minimum atomic E-state index is 0.0545. The van der Waals surface area contributed by atoms with Crippen molar-refractivity contribution in [3.63, 3.8) is 0 Å². The molecular formula is C50H37N3. The van der Waals surface area contributed by atoms with Crippen molar-refractivity contribution in [1.82, 2.24) is 14.5 Å². The van der Waals surface area contributed by atoms with Gasteiger partial charge in [0, 0.05) is 23.0 Å². The van der Waals surface area contributed by atoms with E-state index in [4.69, 9.17) is 4.98 Å². The number of nitrogens with zero attached hydrogens (tertiary/aromatic N) is 3. The summed E-state index contributed by atoms with van der Waals surface area (Å²) in [5.41, 5.74) is 12.6. The van der Waals surface area contributed by atoms with Gasteiger partial charge in [-0.2, -0.15) is 0 Å². The molecule has 0 atom stereocenters. The lowest BCUT2D eigenvalue weighted by atomic mass is 9.81. The number of hydrogen-bond donors (Lipinski definition) is 0. The lowest BCUT2D eigenvalue weighted by Gasteiger charge is -2.23. The van der Waals surface area contributed by atoms with Crippen LogP contribution in [0.3, 0.4) is 0 Å². The second kappa shape index (κ2) is 12.0. The van der Waals surface area contributed by atoms with E-state index in [-0.39, 0.29) is 5.41 Å². The molecule has 0 aliphatic carbocycles. The van der Waals surface area contributed by atoms with E-state index in [0.29, 0.717) is 0 Å². The molecule has 10 aromatic rings. The number of rotatable bonds is 5. The Kier molecular flexibility index (Phi) is 7.06. The Labute approximate surface area is 309 Å². The molecule has 252 valence electrons. The molecule has 0 N–H and O–H groups in total. The molecule has 0 fully saturated rings. The molecule has 0 saturated heterocycles. The largest absolute Gasteiger partial charge is 0.292 e. The molecule has 10 rings (SSSR count). The Morgan fingerprint density at radius 3 is 1.70 bits per heavy atom. The van der Waals surface area contributed by atoms with E-state index in [1.54, 1.807) is 0 Å². The van der Waals surface area contributed by atoms with Crippen LogP contribution in [0.2, 0.25) is 0 Å². The molecule has 0 aliphatic rings. The van der Waals surface area contributed by atoms with Crippen molar-refractivity contribution in [3.8, 4) is 50.6 Å². The van der Waals surface area contributed by atoms with E-state index in [1.165, 1.54) is 60.1 Å². The number of benzene rings is 8. The number of hydrogen-bond acceptors (Lipinski definition) is 2. The predicted molar refractivity (Wildman–Crippen MR) is 223 cm³/mol. The van der Waals surface area contributed by atoms with Crippen LogP contribution in [0.25, 0.3) is 93.9 Å². The molecule has 2 aromatic heterocycles. The SMILES string of the molecule is CC(C)(C)c1cc2ccc3c(-c4ccc(-c5ccccn5)cc4)cc(-c4ccc(-c5nc6ccccc6n5-c5ccccc5)cc4)c4ccc(c1)c2c34. The minimum absolute atomic E-state index is 0.0545. The zero-order chi connectivity index (χ0) is 35.7. The summed E-state index contributed by atoms with van der Waals surface area (Å²) in [6.45, 7) is 6.88.